The first-order valence-electron chi connectivity index (χ1n) is 5.87. The van der Waals surface area contributed by atoms with Crippen LogP contribution in [0.2, 0.25) is 0 Å². The van der Waals surface area contributed by atoms with Gasteiger partial charge in [-0.3, -0.25) is 4.79 Å². The highest BCUT2D eigenvalue weighted by molar-refractivity contribution is 5.89. The van der Waals surface area contributed by atoms with Crippen LogP contribution in [0, 0.1) is 19.3 Å². The number of benzene rings is 1. The number of carbonyl (C=O) groups is 1. The number of hydrogen-bond acceptors (Lipinski definition) is 2. The minimum absolute atomic E-state index is 0.168. The number of aryl methyl sites for hydroxylation is 2. The van der Waals surface area contributed by atoms with Crippen molar-refractivity contribution in [3.8, 4) is 0 Å². The van der Waals surface area contributed by atoms with Crippen LogP contribution in [-0.2, 0) is 11.2 Å². The summed E-state index contributed by atoms with van der Waals surface area (Å²) in [7, 11) is 0. The van der Waals surface area contributed by atoms with Crippen LogP contribution in [0.3, 0.4) is 0 Å². The van der Waals surface area contributed by atoms with Crippen molar-refractivity contribution in [2.75, 3.05) is 6.54 Å². The summed E-state index contributed by atoms with van der Waals surface area (Å²) in [5.41, 5.74) is 9.13. The molecule has 2 nitrogen and oxygen atoms in total. The fourth-order valence-electron chi connectivity index (χ4n) is 2.03. The van der Waals surface area contributed by atoms with E-state index >= 15 is 0 Å². The Morgan fingerprint density at radius 3 is 2.50 bits per heavy atom. The van der Waals surface area contributed by atoms with Crippen LogP contribution in [0.25, 0.3) is 0 Å². The van der Waals surface area contributed by atoms with Crippen LogP contribution < -0.4 is 5.73 Å². The Kier molecular flexibility index (Phi) is 2.85. The van der Waals surface area contributed by atoms with Crippen LogP contribution in [0.1, 0.15) is 29.5 Å². The third-order valence-corrected chi connectivity index (χ3v) is 3.77. The molecule has 0 atom stereocenters. The number of rotatable bonds is 4. The van der Waals surface area contributed by atoms with Gasteiger partial charge in [-0.15, -0.1) is 0 Å². The summed E-state index contributed by atoms with van der Waals surface area (Å²) in [6.07, 6.45) is 2.50. The van der Waals surface area contributed by atoms with Crippen molar-refractivity contribution in [3.05, 3.63) is 34.9 Å². The molecule has 0 saturated heterocycles. The van der Waals surface area contributed by atoms with Crippen LogP contribution >= 0.6 is 0 Å². The fourth-order valence-corrected chi connectivity index (χ4v) is 2.03. The second-order valence-corrected chi connectivity index (χ2v) is 5.00. The zero-order valence-electron chi connectivity index (χ0n) is 10.0. The minimum atomic E-state index is -0.168. The summed E-state index contributed by atoms with van der Waals surface area (Å²) < 4.78 is 0. The van der Waals surface area contributed by atoms with Crippen LogP contribution in [0.4, 0.5) is 0 Å². The topological polar surface area (TPSA) is 43.1 Å². The average molecular weight is 217 g/mol. The predicted octanol–water partition coefficient (Wildman–Crippen LogP) is 2.15. The number of ketones is 1. The van der Waals surface area contributed by atoms with E-state index in [0.717, 1.165) is 18.4 Å². The van der Waals surface area contributed by atoms with E-state index in [1.54, 1.807) is 0 Å². The number of hydrogen-bond donors (Lipinski definition) is 1. The van der Waals surface area contributed by atoms with Gasteiger partial charge < -0.3 is 5.73 Å². The normalized spacial score (nSPS) is 17.2. The smallest absolute Gasteiger partial charge is 0.144 e. The summed E-state index contributed by atoms with van der Waals surface area (Å²) in [5, 5.41) is 0. The van der Waals surface area contributed by atoms with Gasteiger partial charge >= 0.3 is 0 Å². The molecule has 1 aliphatic rings. The van der Waals surface area contributed by atoms with E-state index in [9.17, 15) is 4.79 Å². The molecular formula is C14H19NO. The van der Waals surface area contributed by atoms with Gasteiger partial charge in [0, 0.05) is 18.4 Å². The Bertz CT molecular complexity index is 419. The number of nitrogens with two attached hydrogens (primary N) is 1. The molecule has 2 N–H and O–H groups in total. The quantitative estimate of drug-likeness (QED) is 0.839. The van der Waals surface area contributed by atoms with Crippen molar-refractivity contribution in [3.63, 3.8) is 0 Å². The van der Waals surface area contributed by atoms with E-state index in [0.29, 0.717) is 18.7 Å². The molecule has 1 aromatic carbocycles. The molecule has 0 spiro atoms. The summed E-state index contributed by atoms with van der Waals surface area (Å²) >= 11 is 0. The molecule has 0 bridgehead atoms. The van der Waals surface area contributed by atoms with Crippen LogP contribution in [0.15, 0.2) is 18.2 Å². The highest BCUT2D eigenvalue weighted by Gasteiger charge is 2.47. The van der Waals surface area contributed by atoms with E-state index in [1.165, 1.54) is 11.1 Å². The van der Waals surface area contributed by atoms with Crippen molar-refractivity contribution in [1.29, 1.82) is 0 Å². The Morgan fingerprint density at radius 1 is 1.31 bits per heavy atom. The molecule has 0 aliphatic heterocycles. The Balaban J connectivity index is 2.09. The Morgan fingerprint density at radius 2 is 2.00 bits per heavy atom. The van der Waals surface area contributed by atoms with E-state index in [-0.39, 0.29) is 5.41 Å². The van der Waals surface area contributed by atoms with Gasteiger partial charge in [0.2, 0.25) is 0 Å². The van der Waals surface area contributed by atoms with Gasteiger partial charge in [-0.1, -0.05) is 18.2 Å². The molecule has 16 heavy (non-hydrogen) atoms. The van der Waals surface area contributed by atoms with Gasteiger partial charge in [0.25, 0.3) is 0 Å². The molecule has 86 valence electrons. The van der Waals surface area contributed by atoms with E-state index in [2.05, 4.69) is 26.0 Å². The summed E-state index contributed by atoms with van der Waals surface area (Å²) in [6.45, 7) is 4.68. The molecule has 0 heterocycles. The third kappa shape index (κ3) is 2.03. The lowest BCUT2D eigenvalue weighted by molar-refractivity contribution is -0.123. The second-order valence-electron chi connectivity index (χ2n) is 5.00. The maximum atomic E-state index is 12.0. The third-order valence-electron chi connectivity index (χ3n) is 3.77. The molecule has 1 fully saturated rings. The lowest BCUT2D eigenvalue weighted by Gasteiger charge is -2.11. The van der Waals surface area contributed by atoms with Gasteiger partial charge in [0.1, 0.15) is 5.78 Å². The molecule has 0 unspecified atom stereocenters. The van der Waals surface area contributed by atoms with Gasteiger partial charge in [-0.25, -0.2) is 0 Å². The van der Waals surface area contributed by atoms with Crippen LogP contribution in [-0.4, -0.2) is 12.3 Å². The minimum Gasteiger partial charge on any atom is -0.329 e. The molecule has 1 saturated carbocycles. The SMILES string of the molecule is Cc1ccc(CC(=O)C2(CN)CC2)cc1C. The Labute approximate surface area is 96.8 Å². The maximum Gasteiger partial charge on any atom is 0.144 e. The Hall–Kier alpha value is -1.15. The van der Waals surface area contributed by atoms with Gasteiger partial charge in [0.15, 0.2) is 0 Å². The predicted molar refractivity (Wildman–Crippen MR) is 65.3 cm³/mol. The van der Waals surface area contributed by atoms with E-state index in [4.69, 9.17) is 5.73 Å². The monoisotopic (exact) mass is 217 g/mol. The van der Waals surface area contributed by atoms with Crippen molar-refractivity contribution >= 4 is 5.78 Å². The van der Waals surface area contributed by atoms with Gasteiger partial charge in [-0.05, 0) is 43.4 Å². The lowest BCUT2D eigenvalue weighted by atomic mass is 9.94. The molecule has 0 radical (unpaired) electrons. The maximum absolute atomic E-state index is 12.0. The summed E-state index contributed by atoms with van der Waals surface area (Å²) in [6, 6.07) is 6.24. The average Bonchev–Trinajstić information content (AvgIpc) is 3.04. The van der Waals surface area contributed by atoms with Gasteiger partial charge in [-0.2, -0.15) is 0 Å². The van der Waals surface area contributed by atoms with E-state index in [1.807, 2.05) is 6.07 Å². The zero-order valence-corrected chi connectivity index (χ0v) is 10.0. The second kappa shape index (κ2) is 4.02. The van der Waals surface area contributed by atoms with Crippen molar-refractivity contribution < 1.29 is 4.79 Å². The fraction of sp³-hybridized carbons (Fsp3) is 0.500. The standard InChI is InChI=1S/C14H19NO/c1-10-3-4-12(7-11(10)2)8-13(16)14(9-15)5-6-14/h3-4,7H,5-6,8-9,15H2,1-2H3. The van der Waals surface area contributed by atoms with Crippen molar-refractivity contribution in [1.82, 2.24) is 0 Å². The first-order chi connectivity index (χ1) is 7.57. The molecule has 2 heteroatoms. The molecule has 0 aromatic heterocycles. The number of Topliss-reactive ketones (excluding diaryl/α,β-unsaturated/α-hetero) is 1. The number of carbonyl (C=O) groups excluding carboxylic acids is 1. The molecule has 1 aromatic rings. The lowest BCUT2D eigenvalue weighted by Crippen LogP contribution is -2.26. The highest BCUT2D eigenvalue weighted by atomic mass is 16.1. The summed E-state index contributed by atoms with van der Waals surface area (Å²) in [5.74, 6) is 0.318. The van der Waals surface area contributed by atoms with Crippen molar-refractivity contribution in [2.24, 2.45) is 11.1 Å². The zero-order chi connectivity index (χ0) is 11.8. The molecular weight excluding hydrogens is 198 g/mol. The first-order valence-corrected chi connectivity index (χ1v) is 5.87. The summed E-state index contributed by atoms with van der Waals surface area (Å²) in [4.78, 5) is 12.0. The molecule has 2 rings (SSSR count). The first kappa shape index (κ1) is 11.3. The molecule has 0 amide bonds. The van der Waals surface area contributed by atoms with Crippen LogP contribution in [0.5, 0.6) is 0 Å². The van der Waals surface area contributed by atoms with E-state index < -0.39 is 0 Å². The van der Waals surface area contributed by atoms with Gasteiger partial charge in [0.05, 0.1) is 0 Å². The molecule has 1 aliphatic carbocycles. The highest BCUT2D eigenvalue weighted by Crippen LogP contribution is 2.46. The van der Waals surface area contributed by atoms with Crippen molar-refractivity contribution in [2.45, 2.75) is 33.1 Å². The largest absolute Gasteiger partial charge is 0.329 e.